The van der Waals surface area contributed by atoms with Gasteiger partial charge in [0, 0.05) is 50.6 Å². The van der Waals surface area contributed by atoms with Gasteiger partial charge in [-0.25, -0.2) is 4.79 Å². The van der Waals surface area contributed by atoms with E-state index in [2.05, 4.69) is 11.9 Å². The molecule has 1 aromatic heterocycles. The number of aliphatic hydroxyl groups is 1. The minimum Gasteiger partial charge on any atom is -0.465 e. The number of hydrogen-bond donors (Lipinski definition) is 1. The molecule has 1 aromatic rings. The van der Waals surface area contributed by atoms with Crippen LogP contribution in [0.1, 0.15) is 76.6 Å². The van der Waals surface area contributed by atoms with Crippen molar-refractivity contribution in [2.24, 2.45) is 16.7 Å². The maximum absolute atomic E-state index is 13.4. The molecule has 40 heavy (non-hydrogen) atoms. The molecule has 220 valence electrons. The van der Waals surface area contributed by atoms with Crippen molar-refractivity contribution in [3.8, 4) is 0 Å². The highest BCUT2D eigenvalue weighted by atomic mass is 16.7. The van der Waals surface area contributed by atoms with Gasteiger partial charge in [-0.15, -0.1) is 0 Å². The Morgan fingerprint density at radius 2 is 1.98 bits per heavy atom. The van der Waals surface area contributed by atoms with Crippen LogP contribution >= 0.6 is 0 Å². The van der Waals surface area contributed by atoms with E-state index in [1.807, 2.05) is 13.8 Å². The molecular formula is C30H41NO9. The van der Waals surface area contributed by atoms with E-state index in [-0.39, 0.29) is 43.5 Å². The van der Waals surface area contributed by atoms with Crippen LogP contribution in [0.3, 0.4) is 0 Å². The Kier molecular flexibility index (Phi) is 7.02. The predicted octanol–water partition coefficient (Wildman–Crippen LogP) is 3.20. The zero-order valence-corrected chi connectivity index (χ0v) is 23.8. The van der Waals surface area contributed by atoms with Crippen molar-refractivity contribution in [1.29, 1.82) is 0 Å². The van der Waals surface area contributed by atoms with E-state index in [4.69, 9.17) is 28.4 Å². The molecule has 1 spiro atoms. The summed E-state index contributed by atoms with van der Waals surface area (Å²) in [6.45, 7) is 8.34. The number of epoxide rings is 1. The highest BCUT2D eigenvalue weighted by Crippen LogP contribution is 2.71. The lowest BCUT2D eigenvalue weighted by Gasteiger charge is -2.66. The van der Waals surface area contributed by atoms with Crippen molar-refractivity contribution in [3.63, 3.8) is 0 Å². The molecular weight excluding hydrogens is 518 g/mol. The van der Waals surface area contributed by atoms with Crippen molar-refractivity contribution in [2.75, 3.05) is 19.8 Å². The van der Waals surface area contributed by atoms with Gasteiger partial charge >= 0.3 is 11.9 Å². The first-order valence-electron chi connectivity index (χ1n) is 14.6. The summed E-state index contributed by atoms with van der Waals surface area (Å²) >= 11 is 0. The number of pyridine rings is 1. The van der Waals surface area contributed by atoms with Crippen molar-refractivity contribution >= 4 is 11.9 Å². The molecule has 5 fully saturated rings. The first-order chi connectivity index (χ1) is 19.1. The third-order valence-electron chi connectivity index (χ3n) is 10.7. The predicted molar refractivity (Wildman–Crippen MR) is 140 cm³/mol. The summed E-state index contributed by atoms with van der Waals surface area (Å²) in [6, 6.07) is 3.34. The van der Waals surface area contributed by atoms with Crippen LogP contribution in [-0.4, -0.2) is 83.8 Å². The minimum absolute atomic E-state index is 0.0339. The van der Waals surface area contributed by atoms with Gasteiger partial charge in [0.15, 0.2) is 6.29 Å². The number of rotatable bonds is 7. The summed E-state index contributed by atoms with van der Waals surface area (Å²) in [5.74, 6) is -1.16. The van der Waals surface area contributed by atoms with Gasteiger partial charge in [0.2, 0.25) is 0 Å². The van der Waals surface area contributed by atoms with Gasteiger partial charge in [0.1, 0.15) is 18.3 Å². The van der Waals surface area contributed by atoms with E-state index in [1.54, 1.807) is 18.3 Å². The van der Waals surface area contributed by atoms with Crippen LogP contribution in [0.4, 0.5) is 0 Å². The van der Waals surface area contributed by atoms with Gasteiger partial charge in [-0.3, -0.25) is 9.78 Å². The van der Waals surface area contributed by atoms with Gasteiger partial charge < -0.3 is 33.5 Å². The van der Waals surface area contributed by atoms with Gasteiger partial charge in [-0.1, -0.05) is 13.3 Å². The summed E-state index contributed by atoms with van der Waals surface area (Å²) in [7, 11) is 0. The monoisotopic (exact) mass is 559 g/mol. The molecule has 10 atom stereocenters. The third kappa shape index (κ3) is 4.21. The van der Waals surface area contributed by atoms with E-state index in [9.17, 15) is 14.7 Å². The summed E-state index contributed by atoms with van der Waals surface area (Å²) < 4.78 is 36.9. The van der Waals surface area contributed by atoms with E-state index >= 15 is 0 Å². The second kappa shape index (κ2) is 10.0. The summed E-state index contributed by atoms with van der Waals surface area (Å²) in [5.41, 5.74) is -3.19. The Balaban J connectivity index is 1.39. The minimum atomic E-state index is -1.27. The molecule has 10 nitrogen and oxygen atoms in total. The summed E-state index contributed by atoms with van der Waals surface area (Å²) in [6.07, 6.45) is 5.28. The zero-order chi connectivity index (χ0) is 28.3. The zero-order valence-electron chi connectivity index (χ0n) is 23.8. The van der Waals surface area contributed by atoms with E-state index in [1.165, 1.54) is 13.1 Å². The molecule has 0 radical (unpaired) electrons. The van der Waals surface area contributed by atoms with Crippen molar-refractivity contribution in [3.05, 3.63) is 30.1 Å². The maximum Gasteiger partial charge on any atom is 0.340 e. The molecule has 3 aliphatic heterocycles. The van der Waals surface area contributed by atoms with Crippen molar-refractivity contribution in [1.82, 2.24) is 4.98 Å². The largest absolute Gasteiger partial charge is 0.465 e. The Morgan fingerprint density at radius 1 is 1.20 bits per heavy atom. The van der Waals surface area contributed by atoms with E-state index in [0.29, 0.717) is 31.6 Å². The fourth-order valence-corrected chi connectivity index (χ4v) is 8.52. The number of ether oxygens (including phenoxy) is 6. The number of fused-ring (bicyclic) bond motifs is 3. The fraction of sp³-hybridized carbons (Fsp3) is 0.767. The van der Waals surface area contributed by atoms with Gasteiger partial charge in [-0.2, -0.15) is 0 Å². The molecule has 0 amide bonds. The molecule has 0 bridgehead atoms. The molecule has 4 heterocycles. The normalized spacial score (nSPS) is 45.5. The number of esters is 2. The lowest BCUT2D eigenvalue weighted by atomic mass is 9.41. The Labute approximate surface area is 235 Å². The highest BCUT2D eigenvalue weighted by Gasteiger charge is 2.79. The molecule has 6 rings (SSSR count). The first-order valence-corrected chi connectivity index (χ1v) is 14.6. The van der Waals surface area contributed by atoms with Crippen molar-refractivity contribution < 1.29 is 43.1 Å². The molecule has 2 aliphatic carbocycles. The van der Waals surface area contributed by atoms with Crippen molar-refractivity contribution in [2.45, 2.75) is 108 Å². The Hall–Kier alpha value is -2.11. The molecule has 10 heteroatoms. The molecule has 5 aliphatic rings. The van der Waals surface area contributed by atoms with Crippen LogP contribution < -0.4 is 0 Å². The third-order valence-corrected chi connectivity index (χ3v) is 10.7. The molecule has 0 aromatic carbocycles. The average molecular weight is 560 g/mol. The first kappa shape index (κ1) is 28.0. The summed E-state index contributed by atoms with van der Waals surface area (Å²) in [5, 5.41) is 12.3. The number of aromatic nitrogens is 1. The van der Waals surface area contributed by atoms with E-state index in [0.717, 1.165) is 19.3 Å². The summed E-state index contributed by atoms with van der Waals surface area (Å²) in [4.78, 5) is 29.7. The van der Waals surface area contributed by atoms with Gasteiger partial charge in [-0.05, 0) is 44.7 Å². The fourth-order valence-electron chi connectivity index (χ4n) is 8.52. The topological polar surface area (TPSA) is 126 Å². The number of carbonyl (C=O) groups is 2. The molecule has 1 N–H and O–H groups in total. The van der Waals surface area contributed by atoms with Crippen LogP contribution in [0.5, 0.6) is 0 Å². The van der Waals surface area contributed by atoms with Gasteiger partial charge in [0.05, 0.1) is 41.5 Å². The van der Waals surface area contributed by atoms with Crippen LogP contribution in [0.15, 0.2) is 24.5 Å². The second-order valence-electron chi connectivity index (χ2n) is 12.6. The quantitative estimate of drug-likeness (QED) is 0.393. The molecule has 3 saturated heterocycles. The standard InChI is InChI=1S/C30H41NO9/c1-5-35-25-13-21-20(39-25)12-23(38-21)28(4)22-9-6-10-29(16-37-29)30(22,17-36-18(2)32)24(14-27(28,3)34)40-26(33)19-8-7-11-31-15-19/h7-8,11,15,20-25,34H,5-6,9-10,12-14,16-17H2,1-4H3/t20?,21?,22-,23?,24+,25?,27+,28+,29+,30?/m1/s1. The Bertz CT molecular complexity index is 1110. The van der Waals surface area contributed by atoms with Crippen LogP contribution in [0.2, 0.25) is 0 Å². The number of hydrogen-bond acceptors (Lipinski definition) is 10. The SMILES string of the molecule is CCOC1CC2OC([C@]3(C)[C@H]4CCC[C@]5(CO5)C4(COC(C)=O)[C@@H](OC(=O)c4cccnc4)C[C@]3(C)O)CC2O1. The Morgan fingerprint density at radius 3 is 2.62 bits per heavy atom. The van der Waals surface area contributed by atoms with Crippen LogP contribution in [0.25, 0.3) is 0 Å². The number of carbonyl (C=O) groups excluding carboxylic acids is 2. The lowest BCUT2D eigenvalue weighted by Crippen LogP contribution is -2.74. The van der Waals surface area contributed by atoms with Crippen LogP contribution in [-0.2, 0) is 33.2 Å². The second-order valence-corrected chi connectivity index (χ2v) is 12.6. The molecule has 2 saturated carbocycles. The average Bonchev–Trinajstić information content (AvgIpc) is 3.42. The van der Waals surface area contributed by atoms with Gasteiger partial charge in [0.25, 0.3) is 0 Å². The van der Waals surface area contributed by atoms with E-state index < -0.39 is 40.1 Å². The highest BCUT2D eigenvalue weighted by molar-refractivity contribution is 5.89. The van der Waals surface area contributed by atoms with Crippen LogP contribution in [0, 0.1) is 16.7 Å². The molecule has 5 unspecified atom stereocenters. The maximum atomic E-state index is 13.4. The lowest BCUT2D eigenvalue weighted by molar-refractivity contribution is -0.286. The number of nitrogens with zero attached hydrogens (tertiary/aromatic N) is 1. The smallest absolute Gasteiger partial charge is 0.340 e.